The highest BCUT2D eigenvalue weighted by Crippen LogP contribution is 2.40. The van der Waals surface area contributed by atoms with Gasteiger partial charge in [-0.1, -0.05) is 35.9 Å². The molecule has 2 aromatic rings. The fraction of sp³-hybridized carbons (Fsp3) is 0.278. The van der Waals surface area contributed by atoms with Crippen LogP contribution in [0.15, 0.2) is 48.5 Å². The first-order valence-corrected chi connectivity index (χ1v) is 7.88. The van der Waals surface area contributed by atoms with Crippen LogP contribution in [0.3, 0.4) is 0 Å². The van der Waals surface area contributed by atoms with E-state index in [1.165, 1.54) is 4.90 Å². The van der Waals surface area contributed by atoms with Crippen molar-refractivity contribution in [3.63, 3.8) is 0 Å². The summed E-state index contributed by atoms with van der Waals surface area (Å²) in [6.07, 6.45) is -2.36. The predicted molar refractivity (Wildman–Crippen MR) is 90.7 cm³/mol. The Labute approximate surface area is 144 Å². The van der Waals surface area contributed by atoms with Crippen LogP contribution in [0.25, 0.3) is 0 Å². The molecule has 3 rings (SSSR count). The van der Waals surface area contributed by atoms with Crippen LogP contribution < -0.4 is 4.90 Å². The topological polar surface area (TPSA) is 92.9 Å². The quantitative estimate of drug-likeness (QED) is 0.684. The summed E-state index contributed by atoms with van der Waals surface area (Å²) in [6.45, 7) is 3.57. The monoisotopic (exact) mass is 342 g/mol. The summed E-state index contributed by atoms with van der Waals surface area (Å²) in [5.74, 6) is -0.279. The average molecular weight is 342 g/mol. The molecule has 0 spiro atoms. The molecule has 3 atom stereocenters. The van der Waals surface area contributed by atoms with Gasteiger partial charge in [-0.3, -0.25) is 4.79 Å². The number of nitrogens with zero attached hydrogens (tertiary/aromatic N) is 2. The van der Waals surface area contributed by atoms with Gasteiger partial charge in [0, 0.05) is 16.8 Å². The van der Waals surface area contributed by atoms with E-state index in [0.29, 0.717) is 16.8 Å². The number of anilines is 1. The zero-order valence-corrected chi connectivity index (χ0v) is 13.8. The second-order valence-electron chi connectivity index (χ2n) is 6.08. The minimum absolute atomic E-state index is 0.279. The Hall–Kier alpha value is -2.93. The Morgan fingerprint density at radius 3 is 2.48 bits per heavy atom. The molecule has 0 bridgehead atoms. The van der Waals surface area contributed by atoms with Crippen molar-refractivity contribution in [1.82, 2.24) is 0 Å². The second kappa shape index (κ2) is 6.52. The minimum Gasteiger partial charge on any atom is -0.388 e. The Bertz CT molecular complexity index is 805. The molecule has 1 aliphatic rings. The summed E-state index contributed by atoms with van der Waals surface area (Å²) in [6, 6.07) is 13.2. The molecular formula is C18H18N2O5. The molecule has 25 heavy (non-hydrogen) atoms. The molecule has 1 aliphatic heterocycles. The number of carbonyl (C=O) groups excluding carboxylic acids is 1. The highest BCUT2D eigenvalue weighted by atomic mass is 17.0. The van der Waals surface area contributed by atoms with Crippen molar-refractivity contribution >= 4 is 11.6 Å². The van der Waals surface area contributed by atoms with Gasteiger partial charge in [-0.2, -0.15) is 0 Å². The van der Waals surface area contributed by atoms with E-state index in [4.69, 9.17) is 0 Å². The van der Waals surface area contributed by atoms with Crippen molar-refractivity contribution in [3.05, 3.63) is 75.3 Å². The smallest absolute Gasteiger partial charge is 0.295 e. The number of aliphatic hydroxyl groups is 1. The summed E-state index contributed by atoms with van der Waals surface area (Å²) in [7, 11) is 0. The van der Waals surface area contributed by atoms with E-state index in [9.17, 15) is 20.0 Å². The van der Waals surface area contributed by atoms with E-state index in [2.05, 4.69) is 4.84 Å². The Morgan fingerprint density at radius 2 is 1.84 bits per heavy atom. The maximum absolute atomic E-state index is 13.0. The van der Waals surface area contributed by atoms with E-state index in [0.717, 1.165) is 5.56 Å². The molecule has 7 nitrogen and oxygen atoms in total. The Kier molecular flexibility index (Phi) is 4.41. The zero-order chi connectivity index (χ0) is 18.1. The van der Waals surface area contributed by atoms with Crippen LogP contribution in [-0.2, 0) is 4.84 Å². The van der Waals surface area contributed by atoms with Gasteiger partial charge in [-0.15, -0.1) is 10.1 Å². The first-order valence-electron chi connectivity index (χ1n) is 7.88. The van der Waals surface area contributed by atoms with Crippen LogP contribution in [-0.4, -0.2) is 28.2 Å². The van der Waals surface area contributed by atoms with E-state index in [1.54, 1.807) is 43.3 Å². The molecule has 1 amide bonds. The third kappa shape index (κ3) is 3.06. The van der Waals surface area contributed by atoms with Crippen LogP contribution in [0.4, 0.5) is 5.69 Å². The maximum Gasteiger partial charge on any atom is 0.295 e. The van der Waals surface area contributed by atoms with E-state index >= 15 is 0 Å². The van der Waals surface area contributed by atoms with Crippen molar-refractivity contribution in [3.8, 4) is 0 Å². The lowest BCUT2D eigenvalue weighted by Crippen LogP contribution is -2.52. The lowest BCUT2D eigenvalue weighted by atomic mass is 9.90. The first-order chi connectivity index (χ1) is 11.9. The number of hydrogen-bond acceptors (Lipinski definition) is 5. The molecule has 0 fully saturated rings. The predicted octanol–water partition coefficient (Wildman–Crippen LogP) is 2.65. The highest BCUT2D eigenvalue weighted by molar-refractivity contribution is 6.07. The molecule has 0 saturated heterocycles. The molecule has 0 aliphatic carbocycles. The molecular weight excluding hydrogens is 324 g/mol. The number of carbonyl (C=O) groups is 1. The average Bonchev–Trinajstić information content (AvgIpc) is 2.59. The highest BCUT2D eigenvalue weighted by Gasteiger charge is 2.42. The van der Waals surface area contributed by atoms with Crippen LogP contribution in [0.1, 0.15) is 34.5 Å². The molecule has 0 aromatic heterocycles. The maximum atomic E-state index is 13.0. The number of aliphatic hydroxyl groups excluding tert-OH is 1. The number of amides is 1. The van der Waals surface area contributed by atoms with Gasteiger partial charge >= 0.3 is 0 Å². The van der Waals surface area contributed by atoms with Crippen molar-refractivity contribution in [2.45, 2.75) is 32.1 Å². The van der Waals surface area contributed by atoms with Gasteiger partial charge < -0.3 is 14.8 Å². The number of fused-ring (bicyclic) bond motifs is 1. The Balaban J connectivity index is 2.05. The number of benzene rings is 2. The van der Waals surface area contributed by atoms with Gasteiger partial charge in [0.2, 0.25) is 0 Å². The molecule has 0 unspecified atom stereocenters. The molecule has 1 heterocycles. The van der Waals surface area contributed by atoms with E-state index in [-0.39, 0.29) is 5.91 Å². The van der Waals surface area contributed by atoms with Gasteiger partial charge in [0.25, 0.3) is 11.0 Å². The van der Waals surface area contributed by atoms with Gasteiger partial charge in [0.1, 0.15) is 6.10 Å². The normalized spacial score (nSPS) is 22.2. The van der Waals surface area contributed by atoms with Gasteiger partial charge in [0.05, 0.1) is 6.04 Å². The SMILES string of the molecule is Cc1ccc(C(=O)N2c3ccccc3[C@H](O[N+](=O)[O-])[C@H](O)[C@H]2C)cc1. The number of hydrogen-bond donors (Lipinski definition) is 1. The zero-order valence-electron chi connectivity index (χ0n) is 13.8. The fourth-order valence-electron chi connectivity index (χ4n) is 3.10. The summed E-state index contributed by atoms with van der Waals surface area (Å²) in [5.41, 5.74) is 2.42. The van der Waals surface area contributed by atoms with Crippen LogP contribution >= 0.6 is 0 Å². The largest absolute Gasteiger partial charge is 0.388 e. The first kappa shape index (κ1) is 16.9. The summed E-state index contributed by atoms with van der Waals surface area (Å²) in [4.78, 5) is 29.9. The van der Waals surface area contributed by atoms with Crippen LogP contribution in [0.5, 0.6) is 0 Å². The minimum atomic E-state index is -1.23. The second-order valence-corrected chi connectivity index (χ2v) is 6.08. The number of aryl methyl sites for hydroxylation is 1. The third-order valence-electron chi connectivity index (χ3n) is 4.43. The van der Waals surface area contributed by atoms with Crippen molar-refractivity contribution in [2.24, 2.45) is 0 Å². The standard InChI is InChI=1S/C18H18N2O5/c1-11-7-9-13(10-8-11)18(22)19-12(2)16(21)17(25-20(23)24)14-5-3-4-6-15(14)19/h3-10,12,16-17,21H,1-2H3/t12-,16-,17+/m1/s1. The van der Waals surface area contributed by atoms with Crippen LogP contribution in [0.2, 0.25) is 0 Å². The summed E-state index contributed by atoms with van der Waals surface area (Å²) < 4.78 is 0. The lowest BCUT2D eigenvalue weighted by Gasteiger charge is -2.41. The Morgan fingerprint density at radius 1 is 1.20 bits per heavy atom. The van der Waals surface area contributed by atoms with Crippen molar-refractivity contribution in [2.75, 3.05) is 4.90 Å². The van der Waals surface area contributed by atoms with Gasteiger partial charge in [0.15, 0.2) is 6.10 Å². The fourth-order valence-corrected chi connectivity index (χ4v) is 3.10. The lowest BCUT2D eigenvalue weighted by molar-refractivity contribution is -0.773. The molecule has 2 aromatic carbocycles. The number of rotatable bonds is 3. The molecule has 130 valence electrons. The van der Waals surface area contributed by atoms with Gasteiger partial charge in [-0.05, 0) is 32.0 Å². The number of para-hydroxylation sites is 1. The molecule has 0 saturated carbocycles. The van der Waals surface area contributed by atoms with Gasteiger partial charge in [-0.25, -0.2) is 0 Å². The van der Waals surface area contributed by atoms with E-state index < -0.39 is 23.3 Å². The molecule has 1 N–H and O–H groups in total. The van der Waals surface area contributed by atoms with Crippen LogP contribution in [0, 0.1) is 17.0 Å². The molecule has 0 radical (unpaired) electrons. The van der Waals surface area contributed by atoms with Crippen molar-refractivity contribution in [1.29, 1.82) is 0 Å². The summed E-state index contributed by atoms with van der Waals surface area (Å²) in [5, 5.41) is 20.4. The van der Waals surface area contributed by atoms with E-state index in [1.807, 2.05) is 19.1 Å². The molecule has 7 heteroatoms. The van der Waals surface area contributed by atoms with Crippen molar-refractivity contribution < 1.29 is 19.8 Å². The summed E-state index contributed by atoms with van der Waals surface area (Å²) >= 11 is 0. The third-order valence-corrected chi connectivity index (χ3v) is 4.43.